The second-order valence-electron chi connectivity index (χ2n) is 6.73. The lowest BCUT2D eigenvalue weighted by atomic mass is 10.1. The van der Waals surface area contributed by atoms with Crippen LogP contribution < -0.4 is 5.73 Å². The van der Waals surface area contributed by atoms with Crippen molar-refractivity contribution in [1.29, 1.82) is 0 Å². The molecule has 0 radical (unpaired) electrons. The number of hydrogen-bond acceptors (Lipinski definition) is 5. The topological polar surface area (TPSA) is 92.3 Å². The minimum atomic E-state index is 0.00664. The molecule has 3 N–H and O–H groups in total. The summed E-state index contributed by atoms with van der Waals surface area (Å²) in [6.45, 7) is 2.61. The van der Waals surface area contributed by atoms with E-state index in [2.05, 4.69) is 9.97 Å². The Morgan fingerprint density at radius 2 is 1.82 bits per heavy atom. The van der Waals surface area contributed by atoms with Crippen LogP contribution >= 0.6 is 0 Å². The van der Waals surface area contributed by atoms with E-state index in [4.69, 9.17) is 5.73 Å². The lowest BCUT2D eigenvalue weighted by Gasteiger charge is -2.23. The molecule has 1 heterocycles. The minimum absolute atomic E-state index is 0.00664. The highest BCUT2D eigenvalue weighted by molar-refractivity contribution is 5.76. The predicted octanol–water partition coefficient (Wildman–Crippen LogP) is 3.23. The van der Waals surface area contributed by atoms with Crippen molar-refractivity contribution in [3.63, 3.8) is 0 Å². The number of phenols is 1. The average molecular weight is 376 g/mol. The Kier molecular flexibility index (Phi) is 6.22. The van der Waals surface area contributed by atoms with Gasteiger partial charge in [-0.2, -0.15) is 0 Å². The number of nitrogen functional groups attached to an aromatic ring is 1. The molecule has 3 rings (SSSR count). The van der Waals surface area contributed by atoms with Gasteiger partial charge in [0, 0.05) is 24.7 Å². The van der Waals surface area contributed by atoms with Gasteiger partial charge in [0.1, 0.15) is 17.4 Å². The Morgan fingerprint density at radius 1 is 1.07 bits per heavy atom. The molecule has 28 heavy (non-hydrogen) atoms. The van der Waals surface area contributed by atoms with E-state index in [-0.39, 0.29) is 11.7 Å². The van der Waals surface area contributed by atoms with Gasteiger partial charge in [-0.3, -0.25) is 4.79 Å². The molecular formula is C22H24N4O2. The second-order valence-corrected chi connectivity index (χ2v) is 6.73. The highest BCUT2D eigenvalue weighted by atomic mass is 16.3. The van der Waals surface area contributed by atoms with Crippen LogP contribution in [0.25, 0.3) is 0 Å². The van der Waals surface area contributed by atoms with E-state index >= 15 is 0 Å². The molecule has 6 nitrogen and oxygen atoms in total. The number of rotatable bonds is 7. The third kappa shape index (κ3) is 5.30. The van der Waals surface area contributed by atoms with Crippen molar-refractivity contribution in [2.45, 2.75) is 32.9 Å². The predicted molar refractivity (Wildman–Crippen MR) is 108 cm³/mol. The summed E-state index contributed by atoms with van der Waals surface area (Å²) < 4.78 is 0. The van der Waals surface area contributed by atoms with Gasteiger partial charge in [0.15, 0.2) is 0 Å². The number of nitrogens with zero attached hydrogens (tertiary/aromatic N) is 3. The molecule has 0 saturated carbocycles. The number of carbonyl (C=O) groups is 1. The quantitative estimate of drug-likeness (QED) is 0.660. The number of benzene rings is 2. The highest BCUT2D eigenvalue weighted by Gasteiger charge is 2.17. The van der Waals surface area contributed by atoms with Crippen molar-refractivity contribution < 1.29 is 9.90 Å². The van der Waals surface area contributed by atoms with Crippen molar-refractivity contribution in [1.82, 2.24) is 14.9 Å². The SMILES string of the molecule is Cc1ncc(CN(Cc2ccccc2)C(=O)CCc2cccc(O)c2)c(N)n1. The lowest BCUT2D eigenvalue weighted by Crippen LogP contribution is -2.31. The number of nitrogens with two attached hydrogens (primary N) is 1. The Morgan fingerprint density at radius 3 is 2.54 bits per heavy atom. The molecule has 144 valence electrons. The van der Waals surface area contributed by atoms with Gasteiger partial charge in [0.25, 0.3) is 0 Å². The minimum Gasteiger partial charge on any atom is -0.508 e. The fraction of sp³-hybridized carbons (Fsp3) is 0.227. The van der Waals surface area contributed by atoms with E-state index in [1.165, 1.54) is 0 Å². The molecule has 2 aromatic carbocycles. The van der Waals surface area contributed by atoms with Crippen LogP contribution in [-0.4, -0.2) is 25.9 Å². The van der Waals surface area contributed by atoms with Crippen molar-refractivity contribution in [2.75, 3.05) is 5.73 Å². The first-order valence-electron chi connectivity index (χ1n) is 9.19. The molecule has 6 heteroatoms. The molecule has 0 aliphatic rings. The van der Waals surface area contributed by atoms with Crippen LogP contribution in [0.2, 0.25) is 0 Å². The number of aromatic nitrogens is 2. The maximum atomic E-state index is 13.0. The fourth-order valence-electron chi connectivity index (χ4n) is 3.00. The van der Waals surface area contributed by atoms with E-state index in [0.717, 1.165) is 16.7 Å². The number of phenolic OH excluding ortho intramolecular Hbond substituents is 1. The van der Waals surface area contributed by atoms with Crippen LogP contribution in [0.15, 0.2) is 60.8 Å². The molecule has 0 unspecified atom stereocenters. The zero-order valence-corrected chi connectivity index (χ0v) is 15.9. The van der Waals surface area contributed by atoms with E-state index in [1.807, 2.05) is 36.4 Å². The summed E-state index contributed by atoms with van der Waals surface area (Å²) in [5.41, 5.74) is 8.72. The molecule has 1 aromatic heterocycles. The summed E-state index contributed by atoms with van der Waals surface area (Å²) in [5.74, 6) is 1.21. The lowest BCUT2D eigenvalue weighted by molar-refractivity contribution is -0.132. The number of aryl methyl sites for hydroxylation is 2. The summed E-state index contributed by atoms with van der Waals surface area (Å²) in [6.07, 6.45) is 2.57. The van der Waals surface area contributed by atoms with E-state index in [0.29, 0.717) is 37.6 Å². The third-order valence-corrected chi connectivity index (χ3v) is 4.49. The summed E-state index contributed by atoms with van der Waals surface area (Å²) in [5, 5.41) is 9.61. The van der Waals surface area contributed by atoms with Gasteiger partial charge in [-0.15, -0.1) is 0 Å². The van der Waals surface area contributed by atoms with Gasteiger partial charge in [-0.1, -0.05) is 42.5 Å². The van der Waals surface area contributed by atoms with E-state index in [1.54, 1.807) is 36.2 Å². The maximum Gasteiger partial charge on any atom is 0.223 e. The standard InChI is InChI=1S/C22H24N4O2/c1-16-24-13-19(22(23)25-16)15-26(14-18-6-3-2-4-7-18)21(28)11-10-17-8-5-9-20(27)12-17/h2-9,12-13,27H,10-11,14-15H2,1H3,(H2,23,24,25). The van der Waals surface area contributed by atoms with Crippen molar-refractivity contribution in [2.24, 2.45) is 0 Å². The van der Waals surface area contributed by atoms with Crippen LogP contribution in [0.4, 0.5) is 5.82 Å². The van der Waals surface area contributed by atoms with Crippen molar-refractivity contribution in [3.05, 3.63) is 83.3 Å². The zero-order valence-electron chi connectivity index (χ0n) is 15.9. The molecule has 0 spiro atoms. The number of aromatic hydroxyl groups is 1. The van der Waals surface area contributed by atoms with Gasteiger partial charge >= 0.3 is 0 Å². The highest BCUT2D eigenvalue weighted by Crippen LogP contribution is 2.17. The second kappa shape index (κ2) is 8.99. The van der Waals surface area contributed by atoms with Gasteiger partial charge < -0.3 is 15.7 Å². The van der Waals surface area contributed by atoms with Crippen LogP contribution in [0.3, 0.4) is 0 Å². The monoisotopic (exact) mass is 376 g/mol. The molecule has 3 aromatic rings. The molecule has 0 bridgehead atoms. The van der Waals surface area contributed by atoms with Crippen LogP contribution in [0, 0.1) is 6.92 Å². The Hall–Kier alpha value is -3.41. The van der Waals surface area contributed by atoms with Gasteiger partial charge in [-0.25, -0.2) is 9.97 Å². The number of hydrogen-bond donors (Lipinski definition) is 2. The zero-order chi connectivity index (χ0) is 19.9. The molecule has 0 aliphatic carbocycles. The molecule has 0 fully saturated rings. The summed E-state index contributed by atoms with van der Waals surface area (Å²) in [6, 6.07) is 16.8. The molecule has 1 amide bonds. The van der Waals surface area contributed by atoms with Crippen molar-refractivity contribution >= 4 is 11.7 Å². The number of amides is 1. The van der Waals surface area contributed by atoms with Crippen LogP contribution in [0.5, 0.6) is 5.75 Å². The normalized spacial score (nSPS) is 10.6. The molecular weight excluding hydrogens is 352 g/mol. The van der Waals surface area contributed by atoms with E-state index in [9.17, 15) is 9.90 Å². The Labute approximate surface area is 164 Å². The molecule has 0 atom stereocenters. The fourth-order valence-corrected chi connectivity index (χ4v) is 3.00. The van der Waals surface area contributed by atoms with Crippen LogP contribution in [-0.2, 0) is 24.3 Å². The third-order valence-electron chi connectivity index (χ3n) is 4.49. The van der Waals surface area contributed by atoms with Crippen LogP contribution in [0.1, 0.15) is 28.9 Å². The average Bonchev–Trinajstić information content (AvgIpc) is 2.68. The van der Waals surface area contributed by atoms with Gasteiger partial charge in [-0.05, 0) is 36.6 Å². The summed E-state index contributed by atoms with van der Waals surface area (Å²) in [4.78, 5) is 23.1. The van der Waals surface area contributed by atoms with Gasteiger partial charge in [0.05, 0.1) is 6.54 Å². The number of anilines is 1. The Bertz CT molecular complexity index is 944. The first-order chi connectivity index (χ1) is 13.5. The van der Waals surface area contributed by atoms with E-state index < -0.39 is 0 Å². The summed E-state index contributed by atoms with van der Waals surface area (Å²) in [7, 11) is 0. The first kappa shape index (κ1) is 19.4. The smallest absolute Gasteiger partial charge is 0.223 e. The first-order valence-corrected chi connectivity index (χ1v) is 9.19. The largest absolute Gasteiger partial charge is 0.508 e. The molecule has 0 saturated heterocycles. The van der Waals surface area contributed by atoms with Gasteiger partial charge in [0.2, 0.25) is 5.91 Å². The Balaban J connectivity index is 1.75. The van der Waals surface area contributed by atoms with Crippen molar-refractivity contribution in [3.8, 4) is 5.75 Å². The summed E-state index contributed by atoms with van der Waals surface area (Å²) >= 11 is 0. The molecule has 0 aliphatic heterocycles. The number of carbonyl (C=O) groups excluding carboxylic acids is 1. The maximum absolute atomic E-state index is 13.0.